The third-order valence-corrected chi connectivity index (χ3v) is 3.02. The van der Waals surface area contributed by atoms with Crippen molar-refractivity contribution in [2.24, 2.45) is 0 Å². The van der Waals surface area contributed by atoms with Crippen LogP contribution in [0.3, 0.4) is 0 Å². The molecule has 0 aliphatic rings. The SMILES string of the molecule is CCNC(=O)NC[C@H](O)COc1cccc2ccccc12. The Balaban J connectivity index is 1.88. The number of rotatable bonds is 6. The first kappa shape index (κ1) is 15.1. The smallest absolute Gasteiger partial charge is 0.314 e. The topological polar surface area (TPSA) is 70.6 Å². The summed E-state index contributed by atoms with van der Waals surface area (Å²) in [5.74, 6) is 0.727. The number of nitrogens with one attached hydrogen (secondary N) is 2. The molecule has 0 spiro atoms. The van der Waals surface area contributed by atoms with Crippen molar-refractivity contribution in [2.75, 3.05) is 19.7 Å². The van der Waals surface area contributed by atoms with Gasteiger partial charge in [-0.05, 0) is 18.4 Å². The molecular weight excluding hydrogens is 268 g/mol. The fraction of sp³-hybridized carbons (Fsp3) is 0.312. The zero-order chi connectivity index (χ0) is 15.1. The Morgan fingerprint density at radius 3 is 2.76 bits per heavy atom. The number of fused-ring (bicyclic) bond motifs is 1. The van der Waals surface area contributed by atoms with Gasteiger partial charge in [-0.15, -0.1) is 0 Å². The van der Waals surface area contributed by atoms with Crippen molar-refractivity contribution in [3.63, 3.8) is 0 Å². The van der Waals surface area contributed by atoms with Crippen molar-refractivity contribution in [2.45, 2.75) is 13.0 Å². The lowest BCUT2D eigenvalue weighted by Crippen LogP contribution is -2.41. The lowest BCUT2D eigenvalue weighted by atomic mass is 10.1. The Labute approximate surface area is 123 Å². The van der Waals surface area contributed by atoms with E-state index in [9.17, 15) is 9.90 Å². The number of carbonyl (C=O) groups is 1. The van der Waals surface area contributed by atoms with E-state index >= 15 is 0 Å². The van der Waals surface area contributed by atoms with Crippen LogP contribution >= 0.6 is 0 Å². The fourth-order valence-corrected chi connectivity index (χ4v) is 2.00. The fourth-order valence-electron chi connectivity index (χ4n) is 2.00. The standard InChI is InChI=1S/C16H20N2O3/c1-2-17-16(20)18-10-13(19)11-21-15-9-5-7-12-6-3-4-8-14(12)15/h3-9,13,19H,2,10-11H2,1H3,(H2,17,18,20)/t13-/m0/s1. The molecule has 5 heteroatoms. The van der Waals surface area contributed by atoms with E-state index in [1.54, 1.807) is 0 Å². The van der Waals surface area contributed by atoms with Gasteiger partial charge < -0.3 is 20.5 Å². The minimum Gasteiger partial charge on any atom is -0.490 e. The highest BCUT2D eigenvalue weighted by Gasteiger charge is 2.08. The molecular formula is C16H20N2O3. The summed E-state index contributed by atoms with van der Waals surface area (Å²) >= 11 is 0. The second-order valence-electron chi connectivity index (χ2n) is 4.68. The van der Waals surface area contributed by atoms with Crippen LogP contribution in [0.25, 0.3) is 10.8 Å². The van der Waals surface area contributed by atoms with E-state index in [1.165, 1.54) is 0 Å². The lowest BCUT2D eigenvalue weighted by molar-refractivity contribution is 0.108. The van der Waals surface area contributed by atoms with E-state index in [0.29, 0.717) is 6.54 Å². The zero-order valence-corrected chi connectivity index (χ0v) is 12.0. The number of amides is 2. The van der Waals surface area contributed by atoms with Gasteiger partial charge in [0.2, 0.25) is 0 Å². The van der Waals surface area contributed by atoms with Crippen molar-refractivity contribution in [3.05, 3.63) is 42.5 Å². The number of urea groups is 1. The molecule has 0 aliphatic heterocycles. The molecule has 21 heavy (non-hydrogen) atoms. The first-order valence-corrected chi connectivity index (χ1v) is 7.01. The van der Waals surface area contributed by atoms with Crippen LogP contribution in [0.1, 0.15) is 6.92 Å². The van der Waals surface area contributed by atoms with E-state index in [2.05, 4.69) is 10.6 Å². The monoisotopic (exact) mass is 288 g/mol. The molecule has 112 valence electrons. The van der Waals surface area contributed by atoms with Gasteiger partial charge in [0, 0.05) is 18.5 Å². The Hall–Kier alpha value is -2.27. The average Bonchev–Trinajstić information content (AvgIpc) is 2.51. The maximum Gasteiger partial charge on any atom is 0.314 e. The Morgan fingerprint density at radius 1 is 1.19 bits per heavy atom. The summed E-state index contributed by atoms with van der Waals surface area (Å²) in [6.07, 6.45) is -0.758. The van der Waals surface area contributed by atoms with Crippen LogP contribution < -0.4 is 15.4 Å². The van der Waals surface area contributed by atoms with Crippen molar-refractivity contribution in [1.29, 1.82) is 0 Å². The summed E-state index contributed by atoms with van der Waals surface area (Å²) in [6.45, 7) is 2.66. The molecule has 0 heterocycles. The quantitative estimate of drug-likeness (QED) is 0.760. The van der Waals surface area contributed by atoms with Gasteiger partial charge in [0.05, 0.1) is 0 Å². The summed E-state index contributed by atoms with van der Waals surface area (Å²) in [5.41, 5.74) is 0. The molecule has 0 bridgehead atoms. The third-order valence-electron chi connectivity index (χ3n) is 3.02. The van der Waals surface area contributed by atoms with E-state index in [4.69, 9.17) is 4.74 Å². The summed E-state index contributed by atoms with van der Waals surface area (Å²) in [4.78, 5) is 11.2. The maximum absolute atomic E-state index is 11.2. The predicted octanol–water partition coefficient (Wildman–Crippen LogP) is 1.90. The lowest BCUT2D eigenvalue weighted by Gasteiger charge is -2.14. The first-order valence-electron chi connectivity index (χ1n) is 7.01. The van der Waals surface area contributed by atoms with Crippen molar-refractivity contribution in [1.82, 2.24) is 10.6 Å². The highest BCUT2D eigenvalue weighted by atomic mass is 16.5. The molecule has 0 aromatic heterocycles. The summed E-state index contributed by atoms with van der Waals surface area (Å²) in [7, 11) is 0. The molecule has 0 saturated heterocycles. The Morgan fingerprint density at radius 2 is 1.95 bits per heavy atom. The van der Waals surface area contributed by atoms with Gasteiger partial charge in [0.25, 0.3) is 0 Å². The van der Waals surface area contributed by atoms with Crippen LogP contribution in [0.2, 0.25) is 0 Å². The van der Waals surface area contributed by atoms with Crippen LogP contribution in [0.4, 0.5) is 4.79 Å². The van der Waals surface area contributed by atoms with E-state index in [1.807, 2.05) is 49.4 Å². The Bertz CT molecular complexity index is 596. The summed E-state index contributed by atoms with van der Waals surface area (Å²) < 4.78 is 5.65. The molecule has 3 N–H and O–H groups in total. The van der Waals surface area contributed by atoms with Crippen molar-refractivity contribution >= 4 is 16.8 Å². The van der Waals surface area contributed by atoms with Gasteiger partial charge in [0.1, 0.15) is 18.5 Å². The van der Waals surface area contributed by atoms with Gasteiger partial charge in [-0.3, -0.25) is 0 Å². The normalized spacial score (nSPS) is 11.9. The predicted molar refractivity (Wildman–Crippen MR) is 82.5 cm³/mol. The number of hydrogen-bond acceptors (Lipinski definition) is 3. The van der Waals surface area contributed by atoms with E-state index in [-0.39, 0.29) is 19.2 Å². The van der Waals surface area contributed by atoms with Crippen molar-refractivity contribution in [3.8, 4) is 5.75 Å². The number of hydrogen-bond donors (Lipinski definition) is 3. The third kappa shape index (κ3) is 4.36. The van der Waals surface area contributed by atoms with Gasteiger partial charge in [-0.25, -0.2) is 4.79 Å². The number of benzene rings is 2. The summed E-state index contributed by atoms with van der Waals surface area (Å²) in [5, 5.41) is 17.1. The highest BCUT2D eigenvalue weighted by Crippen LogP contribution is 2.25. The second kappa shape index (κ2) is 7.50. The highest BCUT2D eigenvalue weighted by molar-refractivity contribution is 5.88. The molecule has 2 rings (SSSR count). The van der Waals surface area contributed by atoms with Crippen LogP contribution in [0.5, 0.6) is 5.75 Å². The molecule has 0 radical (unpaired) electrons. The molecule has 0 unspecified atom stereocenters. The number of ether oxygens (including phenoxy) is 1. The minimum absolute atomic E-state index is 0.125. The molecule has 1 atom stereocenters. The first-order chi connectivity index (χ1) is 10.2. The van der Waals surface area contributed by atoms with Gasteiger partial charge in [-0.2, -0.15) is 0 Å². The molecule has 2 amide bonds. The number of aliphatic hydroxyl groups excluding tert-OH is 1. The molecule has 0 saturated carbocycles. The summed E-state index contributed by atoms with van der Waals surface area (Å²) in [6, 6.07) is 13.4. The van der Waals surface area contributed by atoms with Crippen LogP contribution in [-0.4, -0.2) is 36.9 Å². The molecule has 0 aliphatic carbocycles. The van der Waals surface area contributed by atoms with E-state index in [0.717, 1.165) is 16.5 Å². The van der Waals surface area contributed by atoms with Crippen LogP contribution in [0.15, 0.2) is 42.5 Å². The van der Waals surface area contributed by atoms with Crippen LogP contribution in [-0.2, 0) is 0 Å². The molecule has 2 aromatic rings. The largest absolute Gasteiger partial charge is 0.490 e. The Kier molecular flexibility index (Phi) is 5.40. The molecule has 5 nitrogen and oxygen atoms in total. The van der Waals surface area contributed by atoms with E-state index < -0.39 is 6.10 Å². The number of aliphatic hydroxyl groups is 1. The minimum atomic E-state index is -0.758. The van der Waals surface area contributed by atoms with Gasteiger partial charge >= 0.3 is 6.03 Å². The average molecular weight is 288 g/mol. The molecule has 2 aromatic carbocycles. The molecule has 0 fully saturated rings. The zero-order valence-electron chi connectivity index (χ0n) is 12.0. The van der Waals surface area contributed by atoms with Gasteiger partial charge in [-0.1, -0.05) is 36.4 Å². The van der Waals surface area contributed by atoms with Gasteiger partial charge in [0.15, 0.2) is 0 Å². The second-order valence-corrected chi connectivity index (χ2v) is 4.68. The van der Waals surface area contributed by atoms with Crippen LogP contribution in [0, 0.1) is 0 Å². The maximum atomic E-state index is 11.2. The van der Waals surface area contributed by atoms with Crippen molar-refractivity contribution < 1.29 is 14.6 Å². The number of carbonyl (C=O) groups excluding carboxylic acids is 1.